The predicted molar refractivity (Wildman–Crippen MR) is 85.9 cm³/mol. The molecule has 0 spiro atoms. The largest absolute Gasteiger partial charge is 0.483 e. The van der Waals surface area contributed by atoms with Crippen molar-refractivity contribution in [3.63, 3.8) is 0 Å². The summed E-state index contributed by atoms with van der Waals surface area (Å²) < 4.78 is 5.50. The van der Waals surface area contributed by atoms with E-state index in [2.05, 4.69) is 15.5 Å². The molecule has 1 aromatic carbocycles. The van der Waals surface area contributed by atoms with Crippen molar-refractivity contribution in [3.8, 4) is 5.75 Å². The van der Waals surface area contributed by atoms with Gasteiger partial charge in [0.05, 0.1) is 6.42 Å². The van der Waals surface area contributed by atoms with Crippen molar-refractivity contribution in [2.75, 3.05) is 11.9 Å². The van der Waals surface area contributed by atoms with Crippen LogP contribution < -0.4 is 10.1 Å². The summed E-state index contributed by atoms with van der Waals surface area (Å²) in [6.45, 7) is 3.73. The lowest BCUT2D eigenvalue weighted by molar-refractivity contribution is -0.137. The molecule has 0 radical (unpaired) electrons. The quantitative estimate of drug-likeness (QED) is 0.804. The molecule has 0 saturated heterocycles. The van der Waals surface area contributed by atoms with E-state index in [4.69, 9.17) is 9.84 Å². The Labute approximate surface area is 137 Å². The van der Waals surface area contributed by atoms with Crippen LogP contribution in [0, 0.1) is 13.8 Å². The van der Waals surface area contributed by atoms with Crippen molar-refractivity contribution < 1.29 is 19.4 Å². The lowest BCUT2D eigenvalue weighted by Crippen LogP contribution is -2.20. The minimum atomic E-state index is -0.896. The number of aliphatic carboxylic acids is 1. The summed E-state index contributed by atoms with van der Waals surface area (Å²) in [5, 5.41) is 19.7. The third-order valence-electron chi connectivity index (χ3n) is 2.97. The molecule has 1 amide bonds. The fourth-order valence-corrected chi connectivity index (χ4v) is 2.54. The van der Waals surface area contributed by atoms with Crippen molar-refractivity contribution in [2.45, 2.75) is 26.7 Å². The number of hydrogen-bond donors (Lipinski definition) is 2. The molecule has 2 aromatic rings. The molecule has 0 bridgehead atoms. The van der Waals surface area contributed by atoms with Gasteiger partial charge in [-0.2, -0.15) is 0 Å². The highest BCUT2D eigenvalue weighted by molar-refractivity contribution is 7.15. The molecule has 0 saturated carbocycles. The molecule has 0 aliphatic heterocycles. The number of benzene rings is 1. The number of nitrogens with zero attached hydrogens (tertiary/aromatic N) is 2. The number of carboxylic acids is 1. The number of hydrogen-bond acceptors (Lipinski definition) is 6. The Hall–Kier alpha value is -2.48. The molecule has 8 heteroatoms. The van der Waals surface area contributed by atoms with Gasteiger partial charge < -0.3 is 9.84 Å². The maximum absolute atomic E-state index is 11.9. The summed E-state index contributed by atoms with van der Waals surface area (Å²) >= 11 is 1.16. The molecule has 2 N–H and O–H groups in total. The zero-order chi connectivity index (χ0) is 16.8. The van der Waals surface area contributed by atoms with Crippen LogP contribution in [0.1, 0.15) is 22.6 Å². The van der Waals surface area contributed by atoms with Crippen LogP contribution in [-0.4, -0.2) is 33.8 Å². The van der Waals surface area contributed by atoms with Gasteiger partial charge in [0.1, 0.15) is 10.8 Å². The van der Waals surface area contributed by atoms with E-state index in [-0.39, 0.29) is 18.9 Å². The van der Waals surface area contributed by atoms with E-state index in [1.54, 1.807) is 0 Å². The van der Waals surface area contributed by atoms with Crippen LogP contribution in [0.3, 0.4) is 0 Å². The van der Waals surface area contributed by atoms with Crippen LogP contribution in [0.5, 0.6) is 5.75 Å². The maximum atomic E-state index is 11.9. The molecular formula is C15H17N3O4S. The van der Waals surface area contributed by atoms with Gasteiger partial charge in [-0.3, -0.25) is 14.9 Å². The molecule has 0 aliphatic carbocycles. The zero-order valence-corrected chi connectivity index (χ0v) is 13.6. The van der Waals surface area contributed by atoms with Gasteiger partial charge in [-0.25, -0.2) is 0 Å². The highest BCUT2D eigenvalue weighted by Crippen LogP contribution is 2.19. The Morgan fingerprint density at radius 1 is 1.30 bits per heavy atom. The molecule has 0 aliphatic rings. The van der Waals surface area contributed by atoms with Crippen molar-refractivity contribution in [3.05, 3.63) is 34.3 Å². The predicted octanol–water partition coefficient (Wildman–Crippen LogP) is 2.19. The van der Waals surface area contributed by atoms with E-state index in [1.807, 2.05) is 32.0 Å². The first-order valence-corrected chi connectivity index (χ1v) is 7.80. The van der Waals surface area contributed by atoms with Crippen molar-refractivity contribution in [1.82, 2.24) is 10.2 Å². The summed E-state index contributed by atoms with van der Waals surface area (Å²) in [6, 6.07) is 5.78. The van der Waals surface area contributed by atoms with Crippen molar-refractivity contribution in [2.24, 2.45) is 0 Å². The van der Waals surface area contributed by atoms with Crippen LogP contribution in [0.15, 0.2) is 18.2 Å². The zero-order valence-electron chi connectivity index (χ0n) is 12.8. The Morgan fingerprint density at radius 3 is 2.83 bits per heavy atom. The Balaban J connectivity index is 1.85. The van der Waals surface area contributed by atoms with Crippen LogP contribution >= 0.6 is 11.3 Å². The summed E-state index contributed by atoms with van der Waals surface area (Å²) in [7, 11) is 0. The smallest absolute Gasteiger partial charge is 0.303 e. The van der Waals surface area contributed by atoms with E-state index in [9.17, 15) is 9.59 Å². The van der Waals surface area contributed by atoms with Gasteiger partial charge in [0, 0.05) is 6.42 Å². The van der Waals surface area contributed by atoms with Gasteiger partial charge in [0.2, 0.25) is 5.13 Å². The molecule has 0 unspecified atom stereocenters. The monoisotopic (exact) mass is 335 g/mol. The van der Waals surface area contributed by atoms with Crippen LogP contribution in [0.4, 0.5) is 5.13 Å². The highest BCUT2D eigenvalue weighted by Gasteiger charge is 2.10. The molecule has 122 valence electrons. The second-order valence-electron chi connectivity index (χ2n) is 5.00. The lowest BCUT2D eigenvalue weighted by Gasteiger charge is -2.09. The van der Waals surface area contributed by atoms with Gasteiger partial charge in [0.15, 0.2) is 6.61 Å². The first-order chi connectivity index (χ1) is 10.9. The minimum absolute atomic E-state index is 0.0155. The van der Waals surface area contributed by atoms with Crippen LogP contribution in [-0.2, 0) is 16.0 Å². The Morgan fingerprint density at radius 2 is 2.09 bits per heavy atom. The number of carboxylic acid groups (broad SMARTS) is 1. The van der Waals surface area contributed by atoms with Gasteiger partial charge in [-0.1, -0.05) is 23.5 Å². The Bertz CT molecular complexity index is 714. The van der Waals surface area contributed by atoms with Gasteiger partial charge in [-0.05, 0) is 31.0 Å². The van der Waals surface area contributed by atoms with Gasteiger partial charge in [-0.15, -0.1) is 10.2 Å². The maximum Gasteiger partial charge on any atom is 0.303 e. The average Bonchev–Trinajstić information content (AvgIpc) is 2.93. The number of ether oxygens (including phenoxy) is 1. The third kappa shape index (κ3) is 5.33. The van der Waals surface area contributed by atoms with E-state index < -0.39 is 5.97 Å². The standard InChI is InChI=1S/C15H17N3O4S/c1-9-3-4-10(2)11(7-9)22-8-12(19)16-15-18-17-13(23-15)5-6-14(20)21/h3-4,7H,5-6,8H2,1-2H3,(H,20,21)(H,16,18,19). The minimum Gasteiger partial charge on any atom is -0.483 e. The van der Waals surface area contributed by atoms with E-state index in [0.29, 0.717) is 22.3 Å². The number of aryl methyl sites for hydroxylation is 3. The molecule has 1 aromatic heterocycles. The number of carbonyl (C=O) groups is 2. The molecule has 23 heavy (non-hydrogen) atoms. The van der Waals surface area contributed by atoms with Gasteiger partial charge in [0.25, 0.3) is 5.91 Å². The number of aromatic nitrogens is 2. The first kappa shape index (κ1) is 16.9. The van der Waals surface area contributed by atoms with Crippen LogP contribution in [0.2, 0.25) is 0 Å². The van der Waals surface area contributed by atoms with E-state index in [1.165, 1.54) is 0 Å². The first-order valence-electron chi connectivity index (χ1n) is 6.98. The number of carbonyl (C=O) groups excluding carboxylic acids is 1. The molecular weight excluding hydrogens is 318 g/mol. The van der Waals surface area contributed by atoms with Crippen molar-refractivity contribution in [1.29, 1.82) is 0 Å². The Kier molecular flexibility index (Phi) is 5.64. The SMILES string of the molecule is Cc1ccc(C)c(OCC(=O)Nc2nnc(CCC(=O)O)s2)c1. The summed E-state index contributed by atoms with van der Waals surface area (Å²) in [4.78, 5) is 22.4. The number of anilines is 1. The summed E-state index contributed by atoms with van der Waals surface area (Å²) in [5.41, 5.74) is 2.01. The summed E-state index contributed by atoms with van der Waals surface area (Å²) in [6.07, 6.45) is 0.278. The number of amides is 1. The van der Waals surface area contributed by atoms with Gasteiger partial charge >= 0.3 is 5.97 Å². The fraction of sp³-hybridized carbons (Fsp3) is 0.333. The van der Waals surface area contributed by atoms with Crippen LogP contribution in [0.25, 0.3) is 0 Å². The number of rotatable bonds is 7. The lowest BCUT2D eigenvalue weighted by atomic mass is 10.1. The molecule has 1 heterocycles. The van der Waals surface area contributed by atoms with E-state index in [0.717, 1.165) is 22.5 Å². The fourth-order valence-electron chi connectivity index (χ4n) is 1.78. The second-order valence-corrected chi connectivity index (χ2v) is 6.06. The third-order valence-corrected chi connectivity index (χ3v) is 3.87. The number of nitrogens with one attached hydrogen (secondary N) is 1. The summed E-state index contributed by atoms with van der Waals surface area (Å²) in [5.74, 6) is -0.570. The molecule has 0 atom stereocenters. The topological polar surface area (TPSA) is 101 Å². The highest BCUT2D eigenvalue weighted by atomic mass is 32.1. The van der Waals surface area contributed by atoms with Crippen molar-refractivity contribution >= 4 is 28.3 Å². The normalized spacial score (nSPS) is 10.3. The molecule has 7 nitrogen and oxygen atoms in total. The molecule has 2 rings (SSSR count). The average molecular weight is 335 g/mol. The second kappa shape index (κ2) is 7.68. The molecule has 0 fully saturated rings. The van der Waals surface area contributed by atoms with E-state index >= 15 is 0 Å².